The second-order valence-electron chi connectivity index (χ2n) is 6.46. The first-order valence-corrected chi connectivity index (χ1v) is 8.62. The zero-order valence-corrected chi connectivity index (χ0v) is 13.3. The van der Waals surface area contributed by atoms with Crippen LogP contribution >= 0.6 is 0 Å². The van der Waals surface area contributed by atoms with Crippen molar-refractivity contribution in [2.45, 2.75) is 77.3 Å². The van der Waals surface area contributed by atoms with Gasteiger partial charge in [0.15, 0.2) is 0 Å². The summed E-state index contributed by atoms with van der Waals surface area (Å²) in [6, 6.07) is 12.2. The fourth-order valence-electron chi connectivity index (χ4n) is 3.58. The predicted molar refractivity (Wildman–Crippen MR) is 87.9 cm³/mol. The van der Waals surface area contributed by atoms with Crippen molar-refractivity contribution in [2.24, 2.45) is 5.92 Å². The highest BCUT2D eigenvalue weighted by Gasteiger charge is 2.21. The van der Waals surface area contributed by atoms with Gasteiger partial charge in [-0.1, -0.05) is 69.4 Å². The van der Waals surface area contributed by atoms with E-state index in [4.69, 9.17) is 0 Å². The number of benzene rings is 1. The highest BCUT2D eigenvalue weighted by molar-refractivity contribution is 5.19. The average Bonchev–Trinajstić information content (AvgIpc) is 2.77. The molecule has 1 nitrogen and oxygen atoms in total. The van der Waals surface area contributed by atoms with Crippen molar-refractivity contribution in [1.82, 2.24) is 5.32 Å². The van der Waals surface area contributed by atoms with E-state index in [1.807, 2.05) is 0 Å². The zero-order valence-electron chi connectivity index (χ0n) is 13.3. The van der Waals surface area contributed by atoms with E-state index in [-0.39, 0.29) is 0 Å². The van der Waals surface area contributed by atoms with E-state index in [0.29, 0.717) is 12.1 Å². The van der Waals surface area contributed by atoms with Crippen molar-refractivity contribution in [3.05, 3.63) is 35.9 Å². The van der Waals surface area contributed by atoms with Crippen LogP contribution in [-0.2, 0) is 0 Å². The normalized spacial score (nSPS) is 20.3. The summed E-state index contributed by atoms with van der Waals surface area (Å²) >= 11 is 0. The summed E-state index contributed by atoms with van der Waals surface area (Å²) in [7, 11) is 0. The molecule has 1 aliphatic carbocycles. The summed E-state index contributed by atoms with van der Waals surface area (Å²) < 4.78 is 0. The minimum Gasteiger partial charge on any atom is -0.307 e. The lowest BCUT2D eigenvalue weighted by atomic mass is 9.91. The first kappa shape index (κ1) is 15.6. The molecule has 0 aliphatic heterocycles. The van der Waals surface area contributed by atoms with Crippen LogP contribution in [0.2, 0.25) is 0 Å². The Morgan fingerprint density at radius 1 is 1.05 bits per heavy atom. The second-order valence-corrected chi connectivity index (χ2v) is 6.46. The van der Waals surface area contributed by atoms with Gasteiger partial charge in [0.2, 0.25) is 0 Å². The van der Waals surface area contributed by atoms with E-state index in [1.165, 1.54) is 56.9 Å². The Bertz CT molecular complexity index is 351. The molecule has 1 saturated carbocycles. The van der Waals surface area contributed by atoms with Gasteiger partial charge >= 0.3 is 0 Å². The molecule has 0 radical (unpaired) electrons. The molecule has 2 atom stereocenters. The quantitative estimate of drug-likeness (QED) is 0.677. The molecule has 1 N–H and O–H groups in total. The van der Waals surface area contributed by atoms with Gasteiger partial charge in [0.1, 0.15) is 0 Å². The summed E-state index contributed by atoms with van der Waals surface area (Å²) in [4.78, 5) is 0. The van der Waals surface area contributed by atoms with E-state index in [2.05, 4.69) is 49.5 Å². The van der Waals surface area contributed by atoms with Crippen LogP contribution < -0.4 is 5.32 Å². The van der Waals surface area contributed by atoms with Gasteiger partial charge in [-0.15, -0.1) is 0 Å². The van der Waals surface area contributed by atoms with E-state index in [9.17, 15) is 0 Å². The lowest BCUT2D eigenvalue weighted by Gasteiger charge is -2.29. The van der Waals surface area contributed by atoms with Crippen LogP contribution in [0.15, 0.2) is 30.3 Å². The van der Waals surface area contributed by atoms with Crippen LogP contribution in [-0.4, -0.2) is 6.04 Å². The highest BCUT2D eigenvalue weighted by atomic mass is 14.9. The first-order valence-electron chi connectivity index (χ1n) is 8.62. The third-order valence-corrected chi connectivity index (χ3v) is 4.85. The summed E-state index contributed by atoms with van der Waals surface area (Å²) in [5, 5.41) is 3.93. The summed E-state index contributed by atoms with van der Waals surface area (Å²) in [6.45, 7) is 4.69. The second kappa shape index (κ2) is 8.46. The Morgan fingerprint density at radius 2 is 1.70 bits per heavy atom. The molecule has 1 aromatic carbocycles. The van der Waals surface area contributed by atoms with Crippen molar-refractivity contribution in [3.63, 3.8) is 0 Å². The smallest absolute Gasteiger partial charge is 0.0322 e. The van der Waals surface area contributed by atoms with Crippen LogP contribution in [0, 0.1) is 5.92 Å². The van der Waals surface area contributed by atoms with Gasteiger partial charge in [0.25, 0.3) is 0 Å². The Hall–Kier alpha value is -0.820. The van der Waals surface area contributed by atoms with Crippen molar-refractivity contribution in [3.8, 4) is 0 Å². The lowest BCUT2D eigenvalue weighted by Crippen LogP contribution is -2.36. The first-order chi connectivity index (χ1) is 9.81. The molecule has 0 amide bonds. The molecule has 0 heterocycles. The molecule has 0 bridgehead atoms. The predicted octanol–water partition coefficient (Wildman–Crippen LogP) is 5.48. The Labute approximate surface area is 125 Å². The number of rotatable bonds is 6. The monoisotopic (exact) mass is 273 g/mol. The van der Waals surface area contributed by atoms with E-state index >= 15 is 0 Å². The molecule has 0 saturated heterocycles. The Balaban J connectivity index is 1.96. The molecule has 1 aromatic rings. The van der Waals surface area contributed by atoms with Crippen LogP contribution in [0.1, 0.15) is 76.8 Å². The van der Waals surface area contributed by atoms with Crippen molar-refractivity contribution in [1.29, 1.82) is 0 Å². The standard InChI is InChI=1S/C19H31N/c1-3-11-19(18-14-9-6-10-15-18)20-16(2)17-12-7-4-5-8-13-17/h6,9-10,14-17,19-20H,3-5,7-8,11-13H2,1-2H3/t16-,19?/m1/s1. The van der Waals surface area contributed by atoms with Crippen LogP contribution in [0.25, 0.3) is 0 Å². The van der Waals surface area contributed by atoms with E-state index < -0.39 is 0 Å². The molecule has 1 aliphatic rings. The maximum Gasteiger partial charge on any atom is 0.0322 e. The molecular formula is C19H31N. The molecule has 1 heteroatoms. The molecule has 0 aromatic heterocycles. The van der Waals surface area contributed by atoms with Gasteiger partial charge in [-0.25, -0.2) is 0 Å². The van der Waals surface area contributed by atoms with Gasteiger partial charge in [0.05, 0.1) is 0 Å². The lowest BCUT2D eigenvalue weighted by molar-refractivity contribution is 0.303. The topological polar surface area (TPSA) is 12.0 Å². The van der Waals surface area contributed by atoms with Gasteiger partial charge < -0.3 is 5.32 Å². The van der Waals surface area contributed by atoms with Gasteiger partial charge in [0, 0.05) is 12.1 Å². The molecule has 112 valence electrons. The van der Waals surface area contributed by atoms with Crippen molar-refractivity contribution < 1.29 is 0 Å². The van der Waals surface area contributed by atoms with Crippen LogP contribution in [0.5, 0.6) is 0 Å². The molecule has 0 spiro atoms. The van der Waals surface area contributed by atoms with Crippen molar-refractivity contribution in [2.75, 3.05) is 0 Å². The maximum atomic E-state index is 3.93. The summed E-state index contributed by atoms with van der Waals surface area (Å²) in [5.74, 6) is 0.876. The molecule has 2 rings (SSSR count). The third-order valence-electron chi connectivity index (χ3n) is 4.85. The van der Waals surface area contributed by atoms with Gasteiger partial charge in [-0.3, -0.25) is 0 Å². The Morgan fingerprint density at radius 3 is 2.30 bits per heavy atom. The largest absolute Gasteiger partial charge is 0.307 e. The number of hydrogen-bond donors (Lipinski definition) is 1. The average molecular weight is 273 g/mol. The molecule has 1 fully saturated rings. The Kier molecular flexibility index (Phi) is 6.59. The minimum absolute atomic E-state index is 0.527. The third kappa shape index (κ3) is 4.63. The van der Waals surface area contributed by atoms with E-state index in [1.54, 1.807) is 0 Å². The maximum absolute atomic E-state index is 3.93. The SMILES string of the molecule is CCCC(N[C@H](C)C1CCCCCC1)c1ccccc1. The van der Waals surface area contributed by atoms with Crippen LogP contribution in [0.4, 0.5) is 0 Å². The molecular weight excluding hydrogens is 242 g/mol. The molecule has 1 unspecified atom stereocenters. The van der Waals surface area contributed by atoms with E-state index in [0.717, 1.165) is 5.92 Å². The summed E-state index contributed by atoms with van der Waals surface area (Å²) in [5.41, 5.74) is 1.45. The fraction of sp³-hybridized carbons (Fsp3) is 0.684. The fourth-order valence-corrected chi connectivity index (χ4v) is 3.58. The summed E-state index contributed by atoms with van der Waals surface area (Å²) in [6.07, 6.45) is 11.1. The number of nitrogens with one attached hydrogen (secondary N) is 1. The highest BCUT2D eigenvalue weighted by Crippen LogP contribution is 2.28. The van der Waals surface area contributed by atoms with Crippen molar-refractivity contribution >= 4 is 0 Å². The van der Waals surface area contributed by atoms with Gasteiger partial charge in [-0.2, -0.15) is 0 Å². The van der Waals surface area contributed by atoms with Crippen LogP contribution in [0.3, 0.4) is 0 Å². The zero-order chi connectivity index (χ0) is 14.2. The van der Waals surface area contributed by atoms with Gasteiger partial charge in [-0.05, 0) is 37.7 Å². The number of hydrogen-bond acceptors (Lipinski definition) is 1. The minimum atomic E-state index is 0.527. The molecule has 20 heavy (non-hydrogen) atoms.